The maximum Gasteiger partial charge on any atom is 0.240 e. The van der Waals surface area contributed by atoms with Gasteiger partial charge in [0, 0.05) is 6.04 Å². The molecule has 1 atom stereocenters. The lowest BCUT2D eigenvalue weighted by Gasteiger charge is -2.14. The van der Waals surface area contributed by atoms with Crippen molar-refractivity contribution in [1.29, 1.82) is 0 Å². The molecule has 1 rings (SSSR count). The van der Waals surface area contributed by atoms with Gasteiger partial charge in [-0.3, -0.25) is 0 Å². The van der Waals surface area contributed by atoms with Crippen molar-refractivity contribution < 1.29 is 8.42 Å². The second kappa shape index (κ2) is 7.86. The molecule has 114 valence electrons. The van der Waals surface area contributed by atoms with Crippen LogP contribution in [0.1, 0.15) is 46.0 Å². The van der Waals surface area contributed by atoms with Gasteiger partial charge in [0.1, 0.15) is 0 Å². The van der Waals surface area contributed by atoms with E-state index in [9.17, 15) is 8.42 Å². The predicted octanol–water partition coefficient (Wildman–Crippen LogP) is 3.56. The van der Waals surface area contributed by atoms with E-state index in [4.69, 9.17) is 17.3 Å². The summed E-state index contributed by atoms with van der Waals surface area (Å²) in [6.45, 7) is 4.03. The van der Waals surface area contributed by atoms with Crippen LogP contribution in [0.4, 0.5) is 5.69 Å². The monoisotopic (exact) mass is 318 g/mol. The van der Waals surface area contributed by atoms with Gasteiger partial charge in [0.2, 0.25) is 10.0 Å². The Morgan fingerprint density at radius 2 is 2.00 bits per heavy atom. The van der Waals surface area contributed by atoms with Crippen LogP contribution in [0, 0.1) is 0 Å². The Morgan fingerprint density at radius 1 is 1.30 bits per heavy atom. The Labute approximate surface area is 126 Å². The zero-order valence-corrected chi connectivity index (χ0v) is 13.6. The normalized spacial score (nSPS) is 13.3. The largest absolute Gasteiger partial charge is 0.398 e. The van der Waals surface area contributed by atoms with E-state index in [-0.39, 0.29) is 16.0 Å². The van der Waals surface area contributed by atoms with Gasteiger partial charge in [0.15, 0.2) is 0 Å². The number of nitrogen functional groups attached to an aromatic ring is 1. The summed E-state index contributed by atoms with van der Waals surface area (Å²) in [7, 11) is -3.53. The minimum Gasteiger partial charge on any atom is -0.398 e. The molecule has 0 saturated carbocycles. The lowest BCUT2D eigenvalue weighted by molar-refractivity contribution is 0.522. The fourth-order valence-electron chi connectivity index (χ4n) is 1.94. The molecule has 0 aliphatic carbocycles. The first-order valence-corrected chi connectivity index (χ1v) is 8.80. The third-order valence-electron chi connectivity index (χ3n) is 3.13. The first-order valence-electron chi connectivity index (χ1n) is 6.94. The summed E-state index contributed by atoms with van der Waals surface area (Å²) >= 11 is 5.86. The van der Waals surface area contributed by atoms with E-state index in [0.717, 1.165) is 19.3 Å². The zero-order chi connectivity index (χ0) is 15.2. The summed E-state index contributed by atoms with van der Waals surface area (Å²) in [5.74, 6) is 0. The first kappa shape index (κ1) is 17.3. The fourth-order valence-corrected chi connectivity index (χ4v) is 3.49. The number of hydrogen-bond acceptors (Lipinski definition) is 3. The number of rotatable bonds is 8. The smallest absolute Gasteiger partial charge is 0.240 e. The highest BCUT2D eigenvalue weighted by molar-refractivity contribution is 7.89. The number of nitrogens with one attached hydrogen (secondary N) is 1. The Hall–Kier alpha value is -0.780. The number of sulfonamides is 1. The Balaban J connectivity index is 2.62. The van der Waals surface area contributed by atoms with Crippen LogP contribution in [-0.2, 0) is 10.0 Å². The van der Waals surface area contributed by atoms with Crippen molar-refractivity contribution in [3.8, 4) is 0 Å². The summed E-state index contributed by atoms with van der Waals surface area (Å²) in [6.07, 6.45) is 5.36. The van der Waals surface area contributed by atoms with Gasteiger partial charge in [-0.25, -0.2) is 13.1 Å². The van der Waals surface area contributed by atoms with E-state index in [0.29, 0.717) is 5.69 Å². The van der Waals surface area contributed by atoms with E-state index in [1.165, 1.54) is 31.0 Å². The minimum atomic E-state index is -3.53. The molecule has 0 fully saturated rings. The van der Waals surface area contributed by atoms with Crippen molar-refractivity contribution in [3.05, 3.63) is 23.2 Å². The molecule has 1 unspecified atom stereocenters. The molecule has 4 nitrogen and oxygen atoms in total. The average Bonchev–Trinajstić information content (AvgIpc) is 2.37. The van der Waals surface area contributed by atoms with Crippen molar-refractivity contribution in [2.24, 2.45) is 0 Å². The predicted molar refractivity (Wildman–Crippen MR) is 84.4 cm³/mol. The summed E-state index contributed by atoms with van der Waals surface area (Å²) in [5, 5.41) is 0.253. The molecule has 3 N–H and O–H groups in total. The van der Waals surface area contributed by atoms with E-state index in [1.807, 2.05) is 6.92 Å². The van der Waals surface area contributed by atoms with E-state index >= 15 is 0 Å². The van der Waals surface area contributed by atoms with Crippen molar-refractivity contribution in [2.75, 3.05) is 5.73 Å². The molecule has 0 heterocycles. The standard InChI is InChI=1S/C14H23ClN2O2S/c1-3-4-5-6-7-11(2)17-20(18,19)12-8-9-14(16)13(15)10-12/h8-11,17H,3-7,16H2,1-2H3. The van der Waals surface area contributed by atoms with Crippen molar-refractivity contribution >= 4 is 27.3 Å². The molecule has 0 spiro atoms. The molecule has 0 aromatic heterocycles. The topological polar surface area (TPSA) is 72.2 Å². The number of benzene rings is 1. The number of halogens is 1. The van der Waals surface area contributed by atoms with Gasteiger partial charge in [-0.05, 0) is 31.5 Å². The third-order valence-corrected chi connectivity index (χ3v) is 5.04. The molecular formula is C14H23ClN2O2S. The molecule has 6 heteroatoms. The minimum absolute atomic E-state index is 0.0896. The van der Waals surface area contributed by atoms with Crippen LogP contribution in [0.25, 0.3) is 0 Å². The maximum absolute atomic E-state index is 12.2. The SMILES string of the molecule is CCCCCCC(C)NS(=O)(=O)c1ccc(N)c(Cl)c1. The molecule has 0 aliphatic rings. The molecule has 0 saturated heterocycles. The molecule has 20 heavy (non-hydrogen) atoms. The summed E-state index contributed by atoms with van der Waals surface area (Å²) in [6, 6.07) is 4.26. The van der Waals surface area contributed by atoms with Crippen molar-refractivity contribution in [3.63, 3.8) is 0 Å². The second-order valence-electron chi connectivity index (χ2n) is 5.05. The van der Waals surface area contributed by atoms with Gasteiger partial charge >= 0.3 is 0 Å². The van der Waals surface area contributed by atoms with Gasteiger partial charge in [0.05, 0.1) is 15.6 Å². The molecule has 0 amide bonds. The van der Waals surface area contributed by atoms with Gasteiger partial charge in [0.25, 0.3) is 0 Å². The van der Waals surface area contributed by atoms with Crippen LogP contribution in [-0.4, -0.2) is 14.5 Å². The lowest BCUT2D eigenvalue weighted by Crippen LogP contribution is -2.32. The van der Waals surface area contributed by atoms with Gasteiger partial charge in [-0.15, -0.1) is 0 Å². The number of anilines is 1. The molecular weight excluding hydrogens is 296 g/mol. The maximum atomic E-state index is 12.2. The molecule has 0 bridgehead atoms. The first-order chi connectivity index (χ1) is 9.36. The molecule has 1 aromatic carbocycles. The summed E-state index contributed by atoms with van der Waals surface area (Å²) < 4.78 is 27.0. The van der Waals surface area contributed by atoms with Gasteiger partial charge < -0.3 is 5.73 Å². The fraction of sp³-hybridized carbons (Fsp3) is 0.571. The number of unbranched alkanes of at least 4 members (excludes halogenated alkanes) is 3. The summed E-state index contributed by atoms with van der Waals surface area (Å²) in [4.78, 5) is 0.150. The molecule has 0 radical (unpaired) electrons. The van der Waals surface area contributed by atoms with Gasteiger partial charge in [-0.1, -0.05) is 44.2 Å². The number of nitrogens with two attached hydrogens (primary N) is 1. The third kappa shape index (κ3) is 5.31. The zero-order valence-electron chi connectivity index (χ0n) is 12.0. The Morgan fingerprint density at radius 3 is 2.60 bits per heavy atom. The highest BCUT2D eigenvalue weighted by atomic mass is 35.5. The number of hydrogen-bond donors (Lipinski definition) is 2. The quantitative estimate of drug-likeness (QED) is 0.568. The van der Waals surface area contributed by atoms with Gasteiger partial charge in [-0.2, -0.15) is 0 Å². The van der Waals surface area contributed by atoms with E-state index < -0.39 is 10.0 Å². The van der Waals surface area contributed by atoms with Crippen LogP contribution >= 0.6 is 11.6 Å². The van der Waals surface area contributed by atoms with Crippen molar-refractivity contribution in [1.82, 2.24) is 4.72 Å². The van der Waals surface area contributed by atoms with Crippen molar-refractivity contribution in [2.45, 2.75) is 56.9 Å². The Bertz CT molecular complexity index is 532. The van der Waals surface area contributed by atoms with E-state index in [2.05, 4.69) is 11.6 Å². The second-order valence-corrected chi connectivity index (χ2v) is 7.18. The highest BCUT2D eigenvalue weighted by Gasteiger charge is 2.18. The van der Waals surface area contributed by atoms with Crippen LogP contribution in [0.3, 0.4) is 0 Å². The van der Waals surface area contributed by atoms with Crippen LogP contribution in [0.2, 0.25) is 5.02 Å². The molecule has 1 aromatic rings. The highest BCUT2D eigenvalue weighted by Crippen LogP contribution is 2.22. The van der Waals surface area contributed by atoms with Crippen LogP contribution in [0.5, 0.6) is 0 Å². The van der Waals surface area contributed by atoms with Crippen LogP contribution in [0.15, 0.2) is 23.1 Å². The summed E-state index contributed by atoms with van der Waals surface area (Å²) in [5.41, 5.74) is 5.95. The van der Waals surface area contributed by atoms with Crippen LogP contribution < -0.4 is 10.5 Å². The van der Waals surface area contributed by atoms with E-state index in [1.54, 1.807) is 0 Å². The average molecular weight is 319 g/mol. The Kier molecular flexibility index (Phi) is 6.79. The lowest BCUT2D eigenvalue weighted by atomic mass is 10.1. The molecule has 0 aliphatic heterocycles.